The molecule has 0 aliphatic heterocycles. The fourth-order valence-corrected chi connectivity index (χ4v) is 3.40. The highest BCUT2D eigenvalue weighted by atomic mass is 15.1. The number of nitrogens with one attached hydrogen (secondary N) is 1. The molecule has 0 aromatic heterocycles. The van der Waals surface area contributed by atoms with Gasteiger partial charge in [0.15, 0.2) is 0 Å². The molecule has 0 spiro atoms. The van der Waals surface area contributed by atoms with E-state index < -0.39 is 0 Å². The van der Waals surface area contributed by atoms with Crippen molar-refractivity contribution in [3.05, 3.63) is 0 Å². The van der Waals surface area contributed by atoms with E-state index in [1.165, 1.54) is 45.1 Å². The summed E-state index contributed by atoms with van der Waals surface area (Å²) in [5.41, 5.74) is 0. The molecule has 0 aromatic rings. The lowest BCUT2D eigenvalue weighted by Crippen LogP contribution is -2.42. The van der Waals surface area contributed by atoms with E-state index in [9.17, 15) is 0 Å². The van der Waals surface area contributed by atoms with E-state index in [0.29, 0.717) is 6.04 Å². The zero-order chi connectivity index (χ0) is 13.5. The minimum Gasteiger partial charge on any atom is -0.317 e. The van der Waals surface area contributed by atoms with Crippen LogP contribution >= 0.6 is 0 Å². The zero-order valence-electron chi connectivity index (χ0n) is 13.2. The summed E-state index contributed by atoms with van der Waals surface area (Å²) in [6.45, 7) is 8.29. The van der Waals surface area contributed by atoms with Crippen LogP contribution < -0.4 is 5.32 Å². The molecule has 18 heavy (non-hydrogen) atoms. The Balaban J connectivity index is 2.46. The summed E-state index contributed by atoms with van der Waals surface area (Å²) >= 11 is 0. The van der Waals surface area contributed by atoms with Crippen molar-refractivity contribution in [1.29, 1.82) is 0 Å². The van der Waals surface area contributed by atoms with Crippen molar-refractivity contribution >= 4 is 0 Å². The second-order valence-corrected chi connectivity index (χ2v) is 6.71. The number of rotatable bonds is 6. The number of hydrogen-bond acceptors (Lipinski definition) is 2. The van der Waals surface area contributed by atoms with Crippen LogP contribution in [0.4, 0.5) is 0 Å². The first kappa shape index (κ1) is 16.0. The van der Waals surface area contributed by atoms with Crippen LogP contribution in [-0.2, 0) is 0 Å². The first-order chi connectivity index (χ1) is 8.54. The molecule has 0 aromatic carbocycles. The molecule has 0 saturated heterocycles. The number of nitrogens with zero attached hydrogens (tertiary/aromatic N) is 1. The lowest BCUT2D eigenvalue weighted by atomic mass is 9.93. The predicted octanol–water partition coefficient (Wildman–Crippen LogP) is 3.52. The van der Waals surface area contributed by atoms with Crippen LogP contribution in [0.3, 0.4) is 0 Å². The molecule has 1 saturated carbocycles. The normalized spacial score (nSPS) is 27.5. The van der Waals surface area contributed by atoms with E-state index in [1.807, 2.05) is 0 Å². The highest BCUT2D eigenvalue weighted by Crippen LogP contribution is 2.25. The Morgan fingerprint density at radius 2 is 1.78 bits per heavy atom. The van der Waals surface area contributed by atoms with E-state index in [2.05, 4.69) is 45.1 Å². The Bertz CT molecular complexity index is 215. The minimum absolute atomic E-state index is 0.714. The van der Waals surface area contributed by atoms with E-state index in [4.69, 9.17) is 0 Å². The standard InChI is InChI=1S/C16H34N2/c1-13(2)11-14(3)18(5)12-15-9-7-6-8-10-16(15)17-4/h13-17H,6-12H2,1-5H3. The van der Waals surface area contributed by atoms with E-state index in [0.717, 1.165) is 17.9 Å². The van der Waals surface area contributed by atoms with Gasteiger partial charge in [-0.15, -0.1) is 0 Å². The fraction of sp³-hybridized carbons (Fsp3) is 1.00. The molecule has 1 N–H and O–H groups in total. The van der Waals surface area contributed by atoms with Crippen LogP contribution in [0.2, 0.25) is 0 Å². The molecule has 0 heterocycles. The zero-order valence-corrected chi connectivity index (χ0v) is 13.2. The average molecular weight is 254 g/mol. The first-order valence-corrected chi connectivity index (χ1v) is 7.92. The summed E-state index contributed by atoms with van der Waals surface area (Å²) in [4.78, 5) is 2.58. The molecule has 2 nitrogen and oxygen atoms in total. The van der Waals surface area contributed by atoms with Gasteiger partial charge >= 0.3 is 0 Å². The molecule has 1 rings (SSSR count). The van der Waals surface area contributed by atoms with Crippen molar-refractivity contribution in [2.75, 3.05) is 20.6 Å². The van der Waals surface area contributed by atoms with Gasteiger partial charge in [-0.25, -0.2) is 0 Å². The largest absolute Gasteiger partial charge is 0.317 e. The van der Waals surface area contributed by atoms with E-state index in [-0.39, 0.29) is 0 Å². The quantitative estimate of drug-likeness (QED) is 0.730. The average Bonchev–Trinajstić information content (AvgIpc) is 2.53. The van der Waals surface area contributed by atoms with Gasteiger partial charge in [0.25, 0.3) is 0 Å². The van der Waals surface area contributed by atoms with Gasteiger partial charge in [0, 0.05) is 18.6 Å². The lowest BCUT2D eigenvalue weighted by Gasteiger charge is -2.33. The van der Waals surface area contributed by atoms with E-state index in [1.54, 1.807) is 0 Å². The molecule has 108 valence electrons. The predicted molar refractivity (Wildman–Crippen MR) is 81.0 cm³/mol. The third kappa shape index (κ3) is 5.27. The maximum absolute atomic E-state index is 3.55. The van der Waals surface area contributed by atoms with Gasteiger partial charge in [0.1, 0.15) is 0 Å². The highest BCUT2D eigenvalue weighted by molar-refractivity contribution is 4.81. The lowest BCUT2D eigenvalue weighted by molar-refractivity contribution is 0.172. The van der Waals surface area contributed by atoms with Crippen LogP contribution in [-0.4, -0.2) is 37.6 Å². The molecular formula is C16H34N2. The van der Waals surface area contributed by atoms with Crippen molar-refractivity contribution in [2.45, 2.75) is 71.4 Å². The first-order valence-electron chi connectivity index (χ1n) is 7.92. The summed E-state index contributed by atoms with van der Waals surface area (Å²) in [6.07, 6.45) is 8.35. The van der Waals surface area contributed by atoms with Gasteiger partial charge in [0.05, 0.1) is 0 Å². The SMILES string of the molecule is CNC1CCCCCC1CN(C)C(C)CC(C)C. The second-order valence-electron chi connectivity index (χ2n) is 6.71. The molecule has 2 heteroatoms. The maximum atomic E-state index is 3.55. The Hall–Kier alpha value is -0.0800. The smallest absolute Gasteiger partial charge is 0.0104 e. The number of hydrogen-bond donors (Lipinski definition) is 1. The van der Waals surface area contributed by atoms with Crippen LogP contribution in [0, 0.1) is 11.8 Å². The summed E-state index contributed by atoms with van der Waals surface area (Å²) < 4.78 is 0. The summed E-state index contributed by atoms with van der Waals surface area (Å²) in [5, 5.41) is 3.55. The third-order valence-corrected chi connectivity index (χ3v) is 4.62. The Kier molecular flexibility index (Phi) is 7.25. The molecule has 0 radical (unpaired) electrons. The van der Waals surface area contributed by atoms with Gasteiger partial charge < -0.3 is 10.2 Å². The third-order valence-electron chi connectivity index (χ3n) is 4.62. The van der Waals surface area contributed by atoms with Crippen molar-refractivity contribution in [2.24, 2.45) is 11.8 Å². The van der Waals surface area contributed by atoms with Gasteiger partial charge in [0.2, 0.25) is 0 Å². The highest BCUT2D eigenvalue weighted by Gasteiger charge is 2.24. The van der Waals surface area contributed by atoms with Gasteiger partial charge in [-0.1, -0.05) is 33.1 Å². The Morgan fingerprint density at radius 1 is 1.11 bits per heavy atom. The maximum Gasteiger partial charge on any atom is 0.0104 e. The van der Waals surface area contributed by atoms with Gasteiger partial charge in [-0.05, 0) is 52.1 Å². The van der Waals surface area contributed by atoms with Crippen LogP contribution in [0.25, 0.3) is 0 Å². The van der Waals surface area contributed by atoms with Gasteiger partial charge in [-0.3, -0.25) is 0 Å². The molecule has 1 aliphatic carbocycles. The Morgan fingerprint density at radius 3 is 2.39 bits per heavy atom. The Labute approximate surface area is 115 Å². The summed E-state index contributed by atoms with van der Waals surface area (Å²) in [5.74, 6) is 1.65. The summed E-state index contributed by atoms with van der Waals surface area (Å²) in [6, 6.07) is 1.45. The molecular weight excluding hydrogens is 220 g/mol. The fourth-order valence-electron chi connectivity index (χ4n) is 3.40. The molecule has 0 bridgehead atoms. The minimum atomic E-state index is 0.714. The molecule has 0 amide bonds. The molecule has 3 unspecified atom stereocenters. The second kappa shape index (κ2) is 8.16. The topological polar surface area (TPSA) is 15.3 Å². The molecule has 1 aliphatic rings. The van der Waals surface area contributed by atoms with Crippen molar-refractivity contribution in [3.63, 3.8) is 0 Å². The molecule has 3 atom stereocenters. The monoisotopic (exact) mass is 254 g/mol. The van der Waals surface area contributed by atoms with Crippen molar-refractivity contribution < 1.29 is 0 Å². The summed E-state index contributed by atoms with van der Waals surface area (Å²) in [7, 11) is 4.45. The van der Waals surface area contributed by atoms with E-state index >= 15 is 0 Å². The van der Waals surface area contributed by atoms with Crippen LogP contribution in [0.1, 0.15) is 59.3 Å². The van der Waals surface area contributed by atoms with Gasteiger partial charge in [-0.2, -0.15) is 0 Å². The molecule has 1 fully saturated rings. The van der Waals surface area contributed by atoms with Crippen molar-refractivity contribution in [1.82, 2.24) is 10.2 Å². The van der Waals surface area contributed by atoms with Crippen LogP contribution in [0.5, 0.6) is 0 Å². The van der Waals surface area contributed by atoms with Crippen LogP contribution in [0.15, 0.2) is 0 Å². The van der Waals surface area contributed by atoms with Crippen molar-refractivity contribution in [3.8, 4) is 0 Å².